The monoisotopic (exact) mass is 1320 g/mol. The number of piperidine rings is 2. The van der Waals surface area contributed by atoms with Gasteiger partial charge in [-0.15, -0.1) is 0 Å². The number of pyridine rings is 2. The number of methoxy groups -OCH3 is 2. The van der Waals surface area contributed by atoms with Crippen LogP contribution < -0.4 is 0 Å². The molecule has 0 amide bonds. The van der Waals surface area contributed by atoms with Crippen molar-refractivity contribution in [2.45, 2.75) is 247 Å². The minimum atomic E-state index is -0.689. The molecule has 532 valence electrons. The molecule has 0 saturated carbocycles. The van der Waals surface area contributed by atoms with Crippen LogP contribution in [0.5, 0.6) is 0 Å². The number of carbonyl (C=O) groups is 5. The highest BCUT2D eigenvalue weighted by atomic mass is 16.7. The van der Waals surface area contributed by atoms with Gasteiger partial charge in [-0.05, 0) is 157 Å². The van der Waals surface area contributed by atoms with Crippen LogP contribution in [0.4, 0.5) is 0 Å². The largest absolute Gasteiger partial charge is 0.465 e. The van der Waals surface area contributed by atoms with E-state index in [-0.39, 0.29) is 93.2 Å². The summed E-state index contributed by atoms with van der Waals surface area (Å²) in [6.07, 6.45) is 15.4. The molecule has 2 aromatic carbocycles. The maximum atomic E-state index is 14.0. The minimum absolute atomic E-state index is 0. The number of esters is 3. The summed E-state index contributed by atoms with van der Waals surface area (Å²) in [5, 5.41) is 12.1. The summed E-state index contributed by atoms with van der Waals surface area (Å²) in [6, 6.07) is 28.2. The fraction of sp³-hybridized carbons (Fsp3) is 0.654. The summed E-state index contributed by atoms with van der Waals surface area (Å²) in [6.45, 7) is 31.0. The van der Waals surface area contributed by atoms with Crippen molar-refractivity contribution in [3.8, 4) is 0 Å². The van der Waals surface area contributed by atoms with Crippen molar-refractivity contribution < 1.29 is 62.4 Å². The average Bonchev–Trinajstić information content (AvgIpc) is 0.750. The Morgan fingerprint density at radius 1 is 0.495 bits per heavy atom. The van der Waals surface area contributed by atoms with Gasteiger partial charge in [0.2, 0.25) is 0 Å². The van der Waals surface area contributed by atoms with Crippen LogP contribution in [-0.4, -0.2) is 131 Å². The molecular weight excluding hydrogens is 1200 g/mol. The van der Waals surface area contributed by atoms with Gasteiger partial charge in [0.15, 0.2) is 0 Å². The van der Waals surface area contributed by atoms with E-state index in [9.17, 15) is 24.0 Å². The number of carbonyl (C=O) groups excluding carboxylic acids is 5. The molecule has 1 N–H and O–H groups in total. The Hall–Kier alpha value is -5.79. The van der Waals surface area contributed by atoms with Crippen LogP contribution in [0.25, 0.3) is 0 Å². The number of unbranched alkanes of at least 4 members (excludes halogenated alkanes) is 2. The molecule has 2 aliphatic heterocycles. The smallest absolute Gasteiger partial charge is 0.309 e. The average molecular weight is 1320 g/mol. The maximum absolute atomic E-state index is 14.0. The van der Waals surface area contributed by atoms with E-state index < -0.39 is 52.2 Å². The van der Waals surface area contributed by atoms with E-state index >= 15 is 0 Å². The molecule has 0 bridgehead atoms. The van der Waals surface area contributed by atoms with Gasteiger partial charge in [-0.25, -0.2) is 0 Å². The number of aliphatic hydroxyl groups is 1. The number of nitrogens with zero attached hydrogens (tertiary/aromatic N) is 4. The molecular formula is C78H122N4O13. The van der Waals surface area contributed by atoms with Gasteiger partial charge in [-0.3, -0.25) is 43.6 Å². The standard InChI is InChI=1S/C40H60N2O7.C34H50N2O4.C3H8O2.CH4/c1-9-12-22-47-37(44)33(25-29(4)31-16-14-13-15-17-31)26-34(38(45)48-24-23-46-8)27-36(32-18-20-41-21-19-32)49-42-39(6,10-2)28-35(43)30(5)40(42,7)11-3;1-8-11-21-39-32(38)29(22-25(4)27-15-13-12-14-16-27)23-31(28-17-19-35-20-18-28)40-36-33(6,9-2)24-30(37)26(5)34(36,7)10-3;1-5-3-2-4;/h13-21,29-30,33-34,36H,9-12,22-28H2,1-8H3;12-20,25-26,29,31H,8-11,21-24H2,1-7H3;4H,2-3H2,1H3;1H4. The summed E-state index contributed by atoms with van der Waals surface area (Å²) in [4.78, 5) is 90.3. The van der Waals surface area contributed by atoms with E-state index in [0.717, 1.165) is 55.2 Å². The van der Waals surface area contributed by atoms with E-state index in [1.54, 1.807) is 39.0 Å². The van der Waals surface area contributed by atoms with Crippen molar-refractivity contribution in [3.05, 3.63) is 132 Å². The van der Waals surface area contributed by atoms with Gasteiger partial charge in [0, 0.05) is 63.7 Å². The van der Waals surface area contributed by atoms with Gasteiger partial charge in [-0.2, -0.15) is 10.1 Å². The van der Waals surface area contributed by atoms with Crippen molar-refractivity contribution in [2.75, 3.05) is 53.9 Å². The number of hydrogen-bond acceptors (Lipinski definition) is 17. The van der Waals surface area contributed by atoms with E-state index in [2.05, 4.69) is 132 Å². The number of aromatic nitrogens is 2. The number of ketones is 2. The lowest BCUT2D eigenvalue weighted by Gasteiger charge is -2.56. The molecule has 0 spiro atoms. The van der Waals surface area contributed by atoms with E-state index in [1.807, 2.05) is 74.5 Å². The zero-order valence-corrected chi connectivity index (χ0v) is 60.1. The second-order valence-electron chi connectivity index (χ2n) is 27.0. The maximum Gasteiger partial charge on any atom is 0.309 e. The van der Waals surface area contributed by atoms with Crippen molar-refractivity contribution in [1.82, 2.24) is 20.1 Å². The van der Waals surface area contributed by atoms with Crippen LogP contribution in [0.3, 0.4) is 0 Å². The summed E-state index contributed by atoms with van der Waals surface area (Å²) in [5.41, 5.74) is 2.10. The molecule has 6 rings (SSSR count). The highest BCUT2D eigenvalue weighted by Gasteiger charge is 2.56. The van der Waals surface area contributed by atoms with Crippen molar-refractivity contribution in [2.24, 2.45) is 29.6 Å². The first-order valence-corrected chi connectivity index (χ1v) is 34.9. The van der Waals surface area contributed by atoms with Crippen LogP contribution in [0.1, 0.15) is 247 Å². The number of aliphatic hydroxyl groups excluding tert-OH is 1. The first-order chi connectivity index (χ1) is 44.9. The molecule has 2 aliphatic rings. The van der Waals surface area contributed by atoms with Gasteiger partial charge in [0.05, 0.1) is 72.9 Å². The molecule has 2 fully saturated rings. The topological polar surface area (TPSA) is 202 Å². The van der Waals surface area contributed by atoms with Crippen LogP contribution >= 0.6 is 0 Å². The van der Waals surface area contributed by atoms with Crippen molar-refractivity contribution in [3.63, 3.8) is 0 Å². The van der Waals surface area contributed by atoms with Gasteiger partial charge in [0.25, 0.3) is 0 Å². The van der Waals surface area contributed by atoms with Gasteiger partial charge >= 0.3 is 17.9 Å². The molecule has 17 heteroatoms. The van der Waals surface area contributed by atoms with Crippen LogP contribution in [0, 0.1) is 29.6 Å². The highest BCUT2D eigenvalue weighted by molar-refractivity contribution is 5.85. The molecule has 2 aromatic heterocycles. The third-order valence-corrected chi connectivity index (χ3v) is 20.3. The Bertz CT molecular complexity index is 2820. The molecule has 95 heavy (non-hydrogen) atoms. The van der Waals surface area contributed by atoms with Gasteiger partial charge < -0.3 is 28.8 Å². The zero-order valence-electron chi connectivity index (χ0n) is 60.1. The molecule has 13 unspecified atom stereocenters. The number of Topliss-reactive ketones (excluding diaryl/α,β-unsaturated/α-hetero) is 2. The first-order valence-electron chi connectivity index (χ1n) is 34.9. The van der Waals surface area contributed by atoms with Crippen LogP contribution in [-0.2, 0) is 57.3 Å². The minimum Gasteiger partial charge on any atom is -0.465 e. The summed E-state index contributed by atoms with van der Waals surface area (Å²) < 4.78 is 26.9. The molecule has 2 saturated heterocycles. The fourth-order valence-electron chi connectivity index (χ4n) is 13.0. The Morgan fingerprint density at radius 2 is 0.842 bits per heavy atom. The van der Waals surface area contributed by atoms with Crippen LogP contribution in [0.15, 0.2) is 110 Å². The lowest BCUT2D eigenvalue weighted by Crippen LogP contribution is -2.66. The second-order valence-corrected chi connectivity index (χ2v) is 27.0. The molecule has 4 heterocycles. The lowest BCUT2D eigenvalue weighted by atomic mass is 9.70. The number of hydroxylamine groups is 4. The van der Waals surface area contributed by atoms with Crippen LogP contribution in [0.2, 0.25) is 0 Å². The third kappa shape index (κ3) is 24.0. The summed E-state index contributed by atoms with van der Waals surface area (Å²) in [5.74, 6) is -2.12. The Morgan fingerprint density at radius 3 is 1.16 bits per heavy atom. The second kappa shape index (κ2) is 42.1. The summed E-state index contributed by atoms with van der Waals surface area (Å²) in [7, 11) is 3.11. The predicted octanol–water partition coefficient (Wildman–Crippen LogP) is 16.1. The molecule has 13 atom stereocenters. The SMILES string of the molecule is C.CCCCOC(=O)C(CC(C)c1ccccc1)CC(ON1C(C)(CC)CC(=O)C(C)C1(C)CC)c1ccncc1.CCCCOC(=O)C(CC(CC(ON1C(C)(CC)CC(=O)C(C)C1(C)CC)c1ccncc1)C(=O)OCCOC)CC(C)c1ccccc1.COCCO. The zero-order chi connectivity index (χ0) is 69.5. The number of ether oxygens (including phenoxy) is 5. The third-order valence-electron chi connectivity index (χ3n) is 20.3. The highest BCUT2D eigenvalue weighted by Crippen LogP contribution is 2.49. The van der Waals surface area contributed by atoms with Crippen molar-refractivity contribution in [1.29, 1.82) is 0 Å². The number of benzene rings is 2. The lowest BCUT2D eigenvalue weighted by molar-refractivity contribution is -0.320. The molecule has 0 aliphatic carbocycles. The Kier molecular flexibility index (Phi) is 37.0. The quantitative estimate of drug-likeness (QED) is 0.0256. The predicted molar refractivity (Wildman–Crippen MR) is 376 cm³/mol. The Balaban J connectivity index is 0.000000465. The Labute approximate surface area is 571 Å². The molecule has 17 nitrogen and oxygen atoms in total. The number of hydrogen-bond donors (Lipinski definition) is 1. The first kappa shape index (κ1) is 83.4. The van der Waals surface area contributed by atoms with E-state index in [1.165, 1.54) is 5.56 Å². The normalized spacial score (nSPS) is 23.5. The van der Waals surface area contributed by atoms with Gasteiger partial charge in [-0.1, -0.05) is 150 Å². The van der Waals surface area contributed by atoms with E-state index in [4.69, 9.17) is 33.7 Å². The fourth-order valence-corrected chi connectivity index (χ4v) is 13.0. The molecule has 0 radical (unpaired) electrons. The number of rotatable bonds is 36. The summed E-state index contributed by atoms with van der Waals surface area (Å²) >= 11 is 0. The van der Waals surface area contributed by atoms with E-state index in [0.29, 0.717) is 64.8 Å². The van der Waals surface area contributed by atoms with Crippen molar-refractivity contribution >= 4 is 29.5 Å². The van der Waals surface area contributed by atoms with Gasteiger partial charge in [0.1, 0.15) is 30.4 Å². The molecule has 4 aromatic rings.